The Bertz CT molecular complexity index is 1700. The van der Waals surface area contributed by atoms with Crippen molar-refractivity contribution in [3.8, 4) is 5.75 Å². The molecule has 0 saturated heterocycles. The van der Waals surface area contributed by atoms with Crippen LogP contribution in [0.5, 0.6) is 5.75 Å². The van der Waals surface area contributed by atoms with Crippen molar-refractivity contribution in [3.63, 3.8) is 0 Å². The number of hydrogen-bond acceptors (Lipinski definition) is 7. The van der Waals surface area contributed by atoms with E-state index in [0.29, 0.717) is 38.0 Å². The number of nitrogens with one attached hydrogen (secondary N) is 2. The van der Waals surface area contributed by atoms with Gasteiger partial charge in [-0.05, 0) is 60.1 Å². The molecule has 272 valence electrons. The van der Waals surface area contributed by atoms with Crippen molar-refractivity contribution in [2.24, 2.45) is 11.8 Å². The van der Waals surface area contributed by atoms with Crippen molar-refractivity contribution in [2.75, 3.05) is 19.0 Å². The van der Waals surface area contributed by atoms with Crippen molar-refractivity contribution in [1.29, 1.82) is 0 Å². The molecule has 0 bridgehead atoms. The van der Waals surface area contributed by atoms with Gasteiger partial charge in [-0.3, -0.25) is 14.4 Å². The Kier molecular flexibility index (Phi) is 15.4. The van der Waals surface area contributed by atoms with Gasteiger partial charge in [0, 0.05) is 17.9 Å². The van der Waals surface area contributed by atoms with Crippen LogP contribution in [0.25, 0.3) is 0 Å². The lowest BCUT2D eigenvalue weighted by molar-refractivity contribution is -0.149. The molecule has 0 saturated carbocycles. The highest BCUT2D eigenvalue weighted by Crippen LogP contribution is 2.21. The minimum atomic E-state index is -0.638. The van der Waals surface area contributed by atoms with Crippen molar-refractivity contribution in [3.05, 3.63) is 150 Å². The molecule has 52 heavy (non-hydrogen) atoms. The number of carbonyl (C=O) groups excluding carboxylic acids is 3. The minimum Gasteiger partial charge on any atom is -0.489 e. The molecular weight excluding hydrogens is 673 g/mol. The number of ether oxygens (including phenoxy) is 2. The molecule has 8 nitrogen and oxygen atoms in total. The first-order chi connectivity index (χ1) is 25.4. The maximum Gasteiger partial charge on any atom is 0.309 e. The van der Waals surface area contributed by atoms with Gasteiger partial charge in [0.05, 0.1) is 30.5 Å². The van der Waals surface area contributed by atoms with Crippen molar-refractivity contribution in [1.82, 2.24) is 10.6 Å². The third kappa shape index (κ3) is 13.0. The third-order valence-corrected chi connectivity index (χ3v) is 10.1. The molecule has 1 aliphatic rings. The van der Waals surface area contributed by atoms with Crippen LogP contribution in [0.3, 0.4) is 0 Å². The Morgan fingerprint density at radius 3 is 2.08 bits per heavy atom. The van der Waals surface area contributed by atoms with Crippen LogP contribution >= 0.6 is 11.8 Å². The largest absolute Gasteiger partial charge is 0.489 e. The topological polar surface area (TPSA) is 114 Å². The molecule has 4 aromatic carbocycles. The van der Waals surface area contributed by atoms with Gasteiger partial charge in [-0.25, -0.2) is 0 Å². The molecule has 5 rings (SSSR count). The van der Waals surface area contributed by atoms with E-state index >= 15 is 0 Å². The van der Waals surface area contributed by atoms with Crippen LogP contribution in [0.15, 0.2) is 127 Å². The average molecular weight is 721 g/mol. The van der Waals surface area contributed by atoms with Crippen LogP contribution in [0.2, 0.25) is 0 Å². The molecule has 0 spiro atoms. The summed E-state index contributed by atoms with van der Waals surface area (Å²) < 4.78 is 11.7. The second-order valence-corrected chi connectivity index (χ2v) is 14.2. The number of amides is 2. The molecule has 0 aromatic heterocycles. The lowest BCUT2D eigenvalue weighted by Crippen LogP contribution is -2.46. The minimum absolute atomic E-state index is 0.0446. The number of thioether (sulfide) groups is 1. The molecule has 3 N–H and O–H groups in total. The quantitative estimate of drug-likeness (QED) is 0.0955. The summed E-state index contributed by atoms with van der Waals surface area (Å²) in [5.74, 6) is 0.134. The van der Waals surface area contributed by atoms with Gasteiger partial charge >= 0.3 is 5.97 Å². The van der Waals surface area contributed by atoms with Crippen LogP contribution in [0.1, 0.15) is 41.5 Å². The van der Waals surface area contributed by atoms with E-state index in [4.69, 9.17) is 9.47 Å². The molecule has 4 aromatic rings. The van der Waals surface area contributed by atoms with Crippen LogP contribution in [0.4, 0.5) is 0 Å². The predicted molar refractivity (Wildman–Crippen MR) is 206 cm³/mol. The molecule has 1 aliphatic heterocycles. The van der Waals surface area contributed by atoms with E-state index in [1.807, 2.05) is 115 Å². The maximum absolute atomic E-state index is 13.7. The summed E-state index contributed by atoms with van der Waals surface area (Å²) in [6, 6.07) is 36.5. The number of cyclic esters (lactones) is 1. The normalized spacial score (nSPS) is 18.6. The van der Waals surface area contributed by atoms with Crippen molar-refractivity contribution < 1.29 is 29.0 Å². The van der Waals surface area contributed by atoms with E-state index in [0.717, 1.165) is 33.8 Å². The van der Waals surface area contributed by atoms with E-state index in [1.165, 1.54) is 0 Å². The van der Waals surface area contributed by atoms with E-state index in [-0.39, 0.29) is 43.3 Å². The number of hydrogen-bond donors (Lipinski definition) is 3. The number of allylic oxidation sites excluding steroid dienone is 2. The maximum atomic E-state index is 13.7. The molecule has 9 heteroatoms. The molecule has 0 radical (unpaired) electrons. The van der Waals surface area contributed by atoms with Gasteiger partial charge in [0.15, 0.2) is 0 Å². The molecule has 4 atom stereocenters. The van der Waals surface area contributed by atoms with Gasteiger partial charge in [-0.15, -0.1) is 0 Å². The van der Waals surface area contributed by atoms with Crippen molar-refractivity contribution in [2.45, 2.75) is 56.5 Å². The first-order valence-corrected chi connectivity index (χ1v) is 19.0. The number of aliphatic hydroxyl groups is 1. The Morgan fingerprint density at radius 1 is 0.808 bits per heavy atom. The zero-order valence-corrected chi connectivity index (χ0v) is 30.2. The Hall–Kier alpha value is -4.86. The summed E-state index contributed by atoms with van der Waals surface area (Å²) >= 11 is 1.65. The lowest BCUT2D eigenvalue weighted by Gasteiger charge is -2.24. The number of aliphatic hydroxyl groups excluding tert-OH is 1. The second kappa shape index (κ2) is 20.9. The standard InChI is InChI=1S/C43H48N2O6S/c46-27-38(25-33-20-22-40(23-21-33)50-28-34-14-6-2-7-15-34)44-41(47)26-36-18-10-11-19-37(24-32-12-4-1-5-13-32)43(49)51-29-39(45-42(36)48)31-52-30-35-16-8-3-9-17-35/h1-17,20-23,36-39,46H,18-19,24-31H2,(H,44,47)(H,45,48)/t36-,37-,38+,39-/m1/s1. The summed E-state index contributed by atoms with van der Waals surface area (Å²) in [6.07, 6.45) is 5.51. The molecule has 0 aliphatic carbocycles. The third-order valence-electron chi connectivity index (χ3n) is 8.91. The number of carbonyl (C=O) groups is 3. The fourth-order valence-corrected chi connectivity index (χ4v) is 7.04. The summed E-state index contributed by atoms with van der Waals surface area (Å²) in [7, 11) is 0. The zero-order chi connectivity index (χ0) is 36.4. The SMILES string of the molecule is O=C(C[C@H]1CC=CC[C@H](Cc2ccccc2)C(=O)OC[C@H](CSCc2ccccc2)NC1=O)N[C@H](CO)Cc1ccc(OCc2ccccc2)cc1. The molecule has 2 amide bonds. The molecule has 1 heterocycles. The average Bonchev–Trinajstić information content (AvgIpc) is 3.17. The zero-order valence-electron chi connectivity index (χ0n) is 29.4. The first kappa shape index (κ1) is 38.4. The van der Waals surface area contributed by atoms with E-state index in [9.17, 15) is 19.5 Å². The summed E-state index contributed by atoms with van der Waals surface area (Å²) in [6.45, 7) is 0.263. The lowest BCUT2D eigenvalue weighted by atomic mass is 9.94. The van der Waals surface area contributed by atoms with Gasteiger partial charge < -0.3 is 25.2 Å². The number of esters is 1. The van der Waals surface area contributed by atoms with Gasteiger partial charge in [0.1, 0.15) is 19.0 Å². The van der Waals surface area contributed by atoms with Crippen LogP contribution in [-0.2, 0) is 44.3 Å². The molecular formula is C43H48N2O6S. The highest BCUT2D eigenvalue weighted by Gasteiger charge is 2.27. The molecule has 0 fully saturated rings. The monoisotopic (exact) mass is 720 g/mol. The van der Waals surface area contributed by atoms with Crippen LogP contribution in [0, 0.1) is 11.8 Å². The van der Waals surface area contributed by atoms with Crippen LogP contribution < -0.4 is 15.4 Å². The molecule has 0 unspecified atom stereocenters. The first-order valence-electron chi connectivity index (χ1n) is 17.9. The smallest absolute Gasteiger partial charge is 0.309 e. The predicted octanol–water partition coefficient (Wildman–Crippen LogP) is 6.46. The highest BCUT2D eigenvalue weighted by atomic mass is 32.2. The van der Waals surface area contributed by atoms with E-state index in [2.05, 4.69) is 22.8 Å². The Labute approximate surface area is 311 Å². The van der Waals surface area contributed by atoms with Gasteiger partial charge in [-0.2, -0.15) is 11.8 Å². The van der Waals surface area contributed by atoms with Gasteiger partial charge in [0.25, 0.3) is 0 Å². The number of rotatable bonds is 15. The second-order valence-electron chi connectivity index (χ2n) is 13.1. The van der Waals surface area contributed by atoms with Crippen LogP contribution in [-0.4, -0.2) is 53.9 Å². The Balaban J connectivity index is 1.20. The van der Waals surface area contributed by atoms with E-state index in [1.54, 1.807) is 11.8 Å². The van der Waals surface area contributed by atoms with Crippen molar-refractivity contribution >= 4 is 29.5 Å². The van der Waals surface area contributed by atoms with E-state index < -0.39 is 18.0 Å². The fourth-order valence-electron chi connectivity index (χ4n) is 6.03. The Morgan fingerprint density at radius 2 is 1.42 bits per heavy atom. The summed E-state index contributed by atoms with van der Waals surface area (Å²) in [5.41, 5.74) is 4.23. The number of benzene rings is 4. The van der Waals surface area contributed by atoms with Gasteiger partial charge in [0.2, 0.25) is 11.8 Å². The van der Waals surface area contributed by atoms with Gasteiger partial charge in [-0.1, -0.05) is 115 Å². The summed E-state index contributed by atoms with van der Waals surface area (Å²) in [5, 5.41) is 16.2. The summed E-state index contributed by atoms with van der Waals surface area (Å²) in [4.78, 5) is 40.3. The highest BCUT2D eigenvalue weighted by molar-refractivity contribution is 7.98. The fraction of sp³-hybridized carbons (Fsp3) is 0.326.